The third-order valence-electron chi connectivity index (χ3n) is 3.95. The van der Waals surface area contributed by atoms with Gasteiger partial charge < -0.3 is 10.3 Å². The van der Waals surface area contributed by atoms with Crippen LogP contribution in [0, 0.1) is 6.92 Å². The zero-order valence-electron chi connectivity index (χ0n) is 13.1. The highest BCUT2D eigenvalue weighted by Gasteiger charge is 2.09. The van der Waals surface area contributed by atoms with Crippen LogP contribution in [0.2, 0.25) is 5.02 Å². The van der Waals surface area contributed by atoms with Gasteiger partial charge in [-0.1, -0.05) is 35.9 Å². The SMILES string of the molecule is Cc1ccccc1[C@@H](C)NCc1nc2cc(Cl)ccc2c(=O)[nH]1. The molecule has 0 fully saturated rings. The lowest BCUT2D eigenvalue weighted by Crippen LogP contribution is -2.22. The maximum atomic E-state index is 12.1. The zero-order chi connectivity index (χ0) is 16.4. The molecule has 0 amide bonds. The number of aryl methyl sites for hydroxylation is 1. The van der Waals surface area contributed by atoms with E-state index in [2.05, 4.69) is 41.3 Å². The Hall–Kier alpha value is -2.17. The fourth-order valence-corrected chi connectivity index (χ4v) is 2.84. The van der Waals surface area contributed by atoms with Crippen LogP contribution in [0.4, 0.5) is 0 Å². The van der Waals surface area contributed by atoms with Crippen LogP contribution in [-0.2, 0) is 6.54 Å². The molecule has 4 nitrogen and oxygen atoms in total. The van der Waals surface area contributed by atoms with E-state index in [4.69, 9.17) is 11.6 Å². The van der Waals surface area contributed by atoms with Gasteiger partial charge in [0.1, 0.15) is 5.82 Å². The Balaban J connectivity index is 1.82. The molecule has 5 heteroatoms. The summed E-state index contributed by atoms with van der Waals surface area (Å²) in [6.45, 7) is 4.66. The van der Waals surface area contributed by atoms with Crippen molar-refractivity contribution in [2.24, 2.45) is 0 Å². The molecular weight excluding hydrogens is 310 g/mol. The van der Waals surface area contributed by atoms with Crippen LogP contribution >= 0.6 is 11.6 Å². The van der Waals surface area contributed by atoms with Crippen LogP contribution in [0.5, 0.6) is 0 Å². The van der Waals surface area contributed by atoms with E-state index in [1.54, 1.807) is 18.2 Å². The first-order valence-corrected chi connectivity index (χ1v) is 7.90. The highest BCUT2D eigenvalue weighted by Crippen LogP contribution is 2.17. The Morgan fingerprint density at radius 1 is 1.26 bits per heavy atom. The molecule has 23 heavy (non-hydrogen) atoms. The number of H-pyrrole nitrogens is 1. The Morgan fingerprint density at radius 2 is 2.04 bits per heavy atom. The highest BCUT2D eigenvalue weighted by molar-refractivity contribution is 6.31. The van der Waals surface area contributed by atoms with Crippen LogP contribution in [0.25, 0.3) is 10.9 Å². The average molecular weight is 328 g/mol. The van der Waals surface area contributed by atoms with Crippen LogP contribution in [0.3, 0.4) is 0 Å². The molecule has 0 unspecified atom stereocenters. The number of fused-ring (bicyclic) bond motifs is 1. The van der Waals surface area contributed by atoms with E-state index in [1.165, 1.54) is 11.1 Å². The molecule has 0 saturated heterocycles. The fourth-order valence-electron chi connectivity index (χ4n) is 2.68. The third-order valence-corrected chi connectivity index (χ3v) is 4.18. The minimum atomic E-state index is -0.146. The molecule has 118 valence electrons. The van der Waals surface area contributed by atoms with E-state index >= 15 is 0 Å². The highest BCUT2D eigenvalue weighted by atomic mass is 35.5. The molecule has 0 radical (unpaired) electrons. The first-order chi connectivity index (χ1) is 11.0. The summed E-state index contributed by atoms with van der Waals surface area (Å²) in [5.74, 6) is 0.602. The maximum absolute atomic E-state index is 12.1. The molecule has 1 heterocycles. The minimum Gasteiger partial charge on any atom is -0.309 e. The number of hydrogen-bond donors (Lipinski definition) is 2. The van der Waals surface area contributed by atoms with Gasteiger partial charge in [-0.15, -0.1) is 0 Å². The summed E-state index contributed by atoms with van der Waals surface area (Å²) in [4.78, 5) is 19.4. The summed E-state index contributed by atoms with van der Waals surface area (Å²) in [6, 6.07) is 13.5. The monoisotopic (exact) mass is 327 g/mol. The third kappa shape index (κ3) is 3.44. The second-order valence-corrected chi connectivity index (χ2v) is 6.07. The Morgan fingerprint density at radius 3 is 2.83 bits per heavy atom. The predicted octanol–water partition coefficient (Wildman–Crippen LogP) is 3.74. The van der Waals surface area contributed by atoms with Crippen molar-refractivity contribution in [3.63, 3.8) is 0 Å². The van der Waals surface area contributed by atoms with E-state index in [1.807, 2.05) is 12.1 Å². The van der Waals surface area contributed by atoms with Gasteiger partial charge in [-0.3, -0.25) is 4.79 Å². The van der Waals surface area contributed by atoms with Gasteiger partial charge in [0, 0.05) is 11.1 Å². The van der Waals surface area contributed by atoms with Crippen molar-refractivity contribution in [3.05, 3.63) is 74.8 Å². The summed E-state index contributed by atoms with van der Waals surface area (Å²) in [5, 5.41) is 4.52. The summed E-state index contributed by atoms with van der Waals surface area (Å²) in [5.41, 5.74) is 2.94. The summed E-state index contributed by atoms with van der Waals surface area (Å²) < 4.78 is 0. The average Bonchev–Trinajstić information content (AvgIpc) is 2.52. The summed E-state index contributed by atoms with van der Waals surface area (Å²) in [6.07, 6.45) is 0. The van der Waals surface area contributed by atoms with Crippen LogP contribution in [0.1, 0.15) is 29.9 Å². The first-order valence-electron chi connectivity index (χ1n) is 7.52. The molecule has 0 aliphatic heterocycles. The zero-order valence-corrected chi connectivity index (χ0v) is 13.8. The quantitative estimate of drug-likeness (QED) is 0.767. The van der Waals surface area contributed by atoms with E-state index < -0.39 is 0 Å². The molecule has 0 spiro atoms. The number of halogens is 1. The van der Waals surface area contributed by atoms with Crippen molar-refractivity contribution in [1.29, 1.82) is 0 Å². The predicted molar refractivity (Wildman–Crippen MR) is 93.8 cm³/mol. The van der Waals surface area contributed by atoms with E-state index in [-0.39, 0.29) is 11.6 Å². The maximum Gasteiger partial charge on any atom is 0.258 e. The molecule has 0 aliphatic carbocycles. The molecule has 1 aromatic heterocycles. The summed E-state index contributed by atoms with van der Waals surface area (Å²) in [7, 11) is 0. The van der Waals surface area contributed by atoms with Crippen LogP contribution < -0.4 is 10.9 Å². The molecular formula is C18H18ClN3O. The van der Waals surface area contributed by atoms with Gasteiger partial charge in [-0.25, -0.2) is 4.98 Å². The van der Waals surface area contributed by atoms with Gasteiger partial charge in [0.25, 0.3) is 5.56 Å². The lowest BCUT2D eigenvalue weighted by Gasteiger charge is -2.16. The Labute approximate surface area is 139 Å². The second-order valence-electron chi connectivity index (χ2n) is 5.63. The van der Waals surface area contributed by atoms with Crippen LogP contribution in [-0.4, -0.2) is 9.97 Å². The lowest BCUT2D eigenvalue weighted by atomic mass is 10.0. The van der Waals surface area contributed by atoms with Gasteiger partial charge >= 0.3 is 0 Å². The second kappa shape index (κ2) is 6.52. The van der Waals surface area contributed by atoms with Gasteiger partial charge in [0.05, 0.1) is 17.4 Å². The molecule has 1 atom stereocenters. The van der Waals surface area contributed by atoms with Crippen molar-refractivity contribution >= 4 is 22.5 Å². The lowest BCUT2D eigenvalue weighted by molar-refractivity contribution is 0.557. The number of nitrogens with one attached hydrogen (secondary N) is 2. The number of hydrogen-bond acceptors (Lipinski definition) is 3. The molecule has 2 aromatic carbocycles. The Kier molecular flexibility index (Phi) is 4.46. The van der Waals surface area contributed by atoms with Crippen molar-refractivity contribution in [2.45, 2.75) is 26.4 Å². The van der Waals surface area contributed by atoms with Gasteiger partial charge in [-0.2, -0.15) is 0 Å². The largest absolute Gasteiger partial charge is 0.309 e. The molecule has 0 saturated carbocycles. The summed E-state index contributed by atoms with van der Waals surface area (Å²) >= 11 is 5.98. The van der Waals surface area contributed by atoms with Crippen molar-refractivity contribution in [1.82, 2.24) is 15.3 Å². The molecule has 0 aliphatic rings. The molecule has 2 N–H and O–H groups in total. The number of rotatable bonds is 4. The number of aromatic amines is 1. The van der Waals surface area contributed by atoms with E-state index in [0.29, 0.717) is 28.3 Å². The van der Waals surface area contributed by atoms with Crippen molar-refractivity contribution < 1.29 is 0 Å². The van der Waals surface area contributed by atoms with Crippen LogP contribution in [0.15, 0.2) is 47.3 Å². The number of aromatic nitrogens is 2. The van der Waals surface area contributed by atoms with E-state index in [0.717, 1.165) is 0 Å². The molecule has 0 bridgehead atoms. The molecule has 3 aromatic rings. The fraction of sp³-hybridized carbons (Fsp3) is 0.222. The smallest absolute Gasteiger partial charge is 0.258 e. The first kappa shape index (κ1) is 15.7. The normalized spacial score (nSPS) is 12.5. The van der Waals surface area contributed by atoms with Crippen molar-refractivity contribution in [2.75, 3.05) is 0 Å². The minimum absolute atomic E-state index is 0.146. The topological polar surface area (TPSA) is 57.8 Å². The van der Waals surface area contributed by atoms with E-state index in [9.17, 15) is 4.79 Å². The molecule has 3 rings (SSSR count). The van der Waals surface area contributed by atoms with Gasteiger partial charge in [0.15, 0.2) is 0 Å². The number of nitrogens with zero attached hydrogens (tertiary/aromatic N) is 1. The Bertz CT molecular complexity index is 904. The number of benzene rings is 2. The van der Waals surface area contributed by atoms with Gasteiger partial charge in [-0.05, 0) is 43.2 Å². The van der Waals surface area contributed by atoms with Gasteiger partial charge in [0.2, 0.25) is 0 Å². The van der Waals surface area contributed by atoms with Crippen molar-refractivity contribution in [3.8, 4) is 0 Å². The standard InChI is InChI=1S/C18H18ClN3O/c1-11-5-3-4-6-14(11)12(2)20-10-17-21-16-9-13(19)7-8-15(16)18(23)22-17/h3-9,12,20H,10H2,1-2H3,(H,21,22,23)/t12-/m1/s1.